The Balaban J connectivity index is 1.38. The molecule has 9 nitrogen and oxygen atoms in total. The molecule has 0 unspecified atom stereocenters. The molecule has 0 radical (unpaired) electrons. The van der Waals surface area contributed by atoms with Crippen molar-refractivity contribution in [2.45, 2.75) is 64.8 Å². The van der Waals surface area contributed by atoms with Crippen LogP contribution < -0.4 is 10.2 Å². The molecule has 0 spiro atoms. The van der Waals surface area contributed by atoms with Crippen LogP contribution in [0.4, 0.5) is 34.3 Å². The van der Waals surface area contributed by atoms with Gasteiger partial charge in [-0.05, 0) is 58.4 Å². The lowest BCUT2D eigenvalue weighted by Gasteiger charge is -2.40. The SMILES string of the molecule is CCOC(=O)CCN1CCN(c2ncnc(Nc3nc(-c4cc(Cl)cc(C(F)(F)F)c4)c(CN4CCC[C@H]4C)s3)c2F)C[C@@H]1C. The number of esters is 1. The molecule has 2 aliphatic rings. The summed E-state index contributed by atoms with van der Waals surface area (Å²) in [7, 11) is 0. The highest BCUT2D eigenvalue weighted by Gasteiger charge is 2.33. The second kappa shape index (κ2) is 14.1. The molecule has 2 atom stereocenters. The molecule has 3 aromatic rings. The summed E-state index contributed by atoms with van der Waals surface area (Å²) in [4.78, 5) is 31.7. The average molecular weight is 670 g/mol. The highest BCUT2D eigenvalue weighted by Crippen LogP contribution is 2.39. The average Bonchev–Trinajstić information content (AvgIpc) is 3.58. The maximum absolute atomic E-state index is 15.9. The number of alkyl halides is 3. The highest BCUT2D eigenvalue weighted by molar-refractivity contribution is 7.16. The van der Waals surface area contributed by atoms with Gasteiger partial charge in [0, 0.05) is 60.3 Å². The second-order valence-corrected chi connectivity index (χ2v) is 12.9. The maximum Gasteiger partial charge on any atom is 0.416 e. The molecule has 0 saturated carbocycles. The van der Waals surface area contributed by atoms with E-state index in [0.717, 1.165) is 36.4 Å². The fraction of sp³-hybridized carbons (Fsp3) is 0.533. The van der Waals surface area contributed by atoms with E-state index in [-0.39, 0.29) is 40.7 Å². The van der Waals surface area contributed by atoms with Crippen LogP contribution in [0.1, 0.15) is 50.5 Å². The fourth-order valence-corrected chi connectivity index (χ4v) is 7.04. The van der Waals surface area contributed by atoms with Crippen molar-refractivity contribution in [3.05, 3.63) is 45.8 Å². The van der Waals surface area contributed by atoms with Crippen molar-refractivity contribution in [1.29, 1.82) is 0 Å². The minimum atomic E-state index is -4.58. The van der Waals surface area contributed by atoms with Crippen LogP contribution in [-0.4, -0.2) is 82.1 Å². The number of carbonyl (C=O) groups excluding carboxylic acids is 1. The van der Waals surface area contributed by atoms with Crippen LogP contribution in [0.3, 0.4) is 0 Å². The van der Waals surface area contributed by atoms with Crippen molar-refractivity contribution >= 4 is 45.7 Å². The number of nitrogens with one attached hydrogen (secondary N) is 1. The number of thiazole rings is 1. The van der Waals surface area contributed by atoms with Crippen LogP contribution in [0.2, 0.25) is 5.02 Å². The Morgan fingerprint density at radius 3 is 2.62 bits per heavy atom. The first-order chi connectivity index (χ1) is 21.4. The quantitative estimate of drug-likeness (QED) is 0.190. The number of benzene rings is 1. The lowest BCUT2D eigenvalue weighted by atomic mass is 10.1. The molecule has 0 bridgehead atoms. The first-order valence-corrected chi connectivity index (χ1v) is 16.2. The van der Waals surface area contributed by atoms with Crippen molar-refractivity contribution in [3.63, 3.8) is 0 Å². The zero-order valence-corrected chi connectivity index (χ0v) is 26.9. The van der Waals surface area contributed by atoms with Crippen LogP contribution in [0.5, 0.6) is 0 Å². The maximum atomic E-state index is 15.9. The molecule has 0 amide bonds. The van der Waals surface area contributed by atoms with Gasteiger partial charge in [0.2, 0.25) is 5.82 Å². The van der Waals surface area contributed by atoms with E-state index in [1.165, 1.54) is 23.7 Å². The zero-order chi connectivity index (χ0) is 32.3. The molecule has 2 saturated heterocycles. The number of hydrogen-bond donors (Lipinski definition) is 1. The molecule has 2 fully saturated rings. The zero-order valence-electron chi connectivity index (χ0n) is 25.3. The molecular weight excluding hydrogens is 634 g/mol. The van der Waals surface area contributed by atoms with Gasteiger partial charge >= 0.3 is 12.1 Å². The van der Waals surface area contributed by atoms with E-state index in [1.54, 1.807) is 6.92 Å². The predicted molar refractivity (Wildman–Crippen MR) is 166 cm³/mol. The molecule has 45 heavy (non-hydrogen) atoms. The normalized spacial score (nSPS) is 19.7. The number of halogens is 5. The van der Waals surface area contributed by atoms with Gasteiger partial charge < -0.3 is 15.0 Å². The number of carbonyl (C=O) groups is 1. The van der Waals surface area contributed by atoms with Crippen molar-refractivity contribution in [3.8, 4) is 11.3 Å². The summed E-state index contributed by atoms with van der Waals surface area (Å²) >= 11 is 7.36. The molecule has 2 aromatic heterocycles. The van der Waals surface area contributed by atoms with Crippen LogP contribution >= 0.6 is 22.9 Å². The molecule has 244 valence electrons. The lowest BCUT2D eigenvalue weighted by molar-refractivity contribution is -0.143. The Morgan fingerprint density at radius 1 is 1.13 bits per heavy atom. The van der Waals surface area contributed by atoms with Crippen LogP contribution in [0.15, 0.2) is 24.5 Å². The van der Waals surface area contributed by atoms with Gasteiger partial charge in [-0.25, -0.2) is 15.0 Å². The Labute approximate surface area is 268 Å². The lowest BCUT2D eigenvalue weighted by Crippen LogP contribution is -2.52. The number of anilines is 3. The van der Waals surface area contributed by atoms with Gasteiger partial charge in [-0.2, -0.15) is 17.6 Å². The van der Waals surface area contributed by atoms with E-state index in [0.29, 0.717) is 56.2 Å². The third-order valence-electron chi connectivity index (χ3n) is 8.20. The van der Waals surface area contributed by atoms with E-state index in [9.17, 15) is 18.0 Å². The minimum absolute atomic E-state index is 0.0373. The van der Waals surface area contributed by atoms with Gasteiger partial charge in [0.15, 0.2) is 16.8 Å². The Hall–Kier alpha value is -3.07. The third-order valence-corrected chi connectivity index (χ3v) is 9.38. The minimum Gasteiger partial charge on any atom is -0.466 e. The number of piperazine rings is 1. The largest absolute Gasteiger partial charge is 0.466 e. The summed E-state index contributed by atoms with van der Waals surface area (Å²) in [6.45, 7) is 9.74. The number of nitrogens with zero attached hydrogens (tertiary/aromatic N) is 6. The summed E-state index contributed by atoms with van der Waals surface area (Å²) in [5.41, 5.74) is -0.272. The smallest absolute Gasteiger partial charge is 0.416 e. The van der Waals surface area contributed by atoms with Crippen LogP contribution in [0, 0.1) is 5.82 Å². The van der Waals surface area contributed by atoms with E-state index in [1.807, 2.05) is 11.8 Å². The number of likely N-dealkylation sites (tertiary alicyclic amines) is 1. The topological polar surface area (TPSA) is 86.7 Å². The summed E-state index contributed by atoms with van der Waals surface area (Å²) in [5, 5.41) is 3.20. The molecule has 4 heterocycles. The third kappa shape index (κ3) is 8.02. The molecule has 5 rings (SSSR count). The molecule has 15 heteroatoms. The Kier molecular flexibility index (Phi) is 10.5. The van der Waals surface area contributed by atoms with Gasteiger partial charge in [-0.15, -0.1) is 0 Å². The van der Waals surface area contributed by atoms with Gasteiger partial charge in [-0.1, -0.05) is 22.9 Å². The van der Waals surface area contributed by atoms with Crippen molar-refractivity contribution in [2.24, 2.45) is 0 Å². The van der Waals surface area contributed by atoms with Gasteiger partial charge in [0.1, 0.15) is 6.33 Å². The first-order valence-electron chi connectivity index (χ1n) is 15.0. The van der Waals surface area contributed by atoms with Crippen LogP contribution in [0.25, 0.3) is 11.3 Å². The molecule has 2 aliphatic heterocycles. The summed E-state index contributed by atoms with van der Waals surface area (Å²) in [5.74, 6) is -0.847. The van der Waals surface area contributed by atoms with Crippen LogP contribution in [-0.2, 0) is 22.3 Å². The van der Waals surface area contributed by atoms with E-state index < -0.39 is 17.6 Å². The Morgan fingerprint density at radius 2 is 1.93 bits per heavy atom. The number of rotatable bonds is 10. The standard InChI is InChI=1S/C30H36ClF4N7O2S/c1-4-44-24(43)7-9-40-10-11-42(15-19(40)3)28-25(32)27(36-17-37-28)39-29-38-26(23(45-29)16-41-8-5-6-18(41)2)20-12-21(30(33,34)35)14-22(31)13-20/h12-14,17-19H,4-11,15-16H2,1-3H3,(H,36,37,38,39)/t18-,19+/m1/s1. The predicted octanol–water partition coefficient (Wildman–Crippen LogP) is 6.60. The van der Waals surface area contributed by atoms with Gasteiger partial charge in [0.05, 0.1) is 24.3 Å². The van der Waals surface area contributed by atoms with E-state index in [2.05, 4.69) is 37.0 Å². The molecular formula is C30H36ClF4N7O2S. The monoisotopic (exact) mass is 669 g/mol. The summed E-state index contributed by atoms with van der Waals surface area (Å²) in [6, 6.07) is 3.74. The molecule has 1 N–H and O–H groups in total. The van der Waals surface area contributed by atoms with E-state index in [4.69, 9.17) is 16.3 Å². The number of hydrogen-bond acceptors (Lipinski definition) is 10. The van der Waals surface area contributed by atoms with Gasteiger partial charge in [-0.3, -0.25) is 14.6 Å². The fourth-order valence-electron chi connectivity index (χ4n) is 5.80. The number of aromatic nitrogens is 3. The summed E-state index contributed by atoms with van der Waals surface area (Å²) in [6.07, 6.45) is -0.961. The first kappa shape index (κ1) is 33.3. The van der Waals surface area contributed by atoms with Crippen molar-refractivity contribution < 1.29 is 27.1 Å². The van der Waals surface area contributed by atoms with Crippen molar-refractivity contribution in [2.75, 3.05) is 49.5 Å². The second-order valence-electron chi connectivity index (χ2n) is 11.3. The number of ether oxygens (including phenoxy) is 1. The molecule has 1 aromatic carbocycles. The van der Waals surface area contributed by atoms with Crippen molar-refractivity contribution in [1.82, 2.24) is 24.8 Å². The summed E-state index contributed by atoms with van der Waals surface area (Å²) < 4.78 is 61.8. The van der Waals surface area contributed by atoms with E-state index >= 15 is 4.39 Å². The Bertz CT molecular complexity index is 1510. The highest BCUT2D eigenvalue weighted by atomic mass is 35.5. The molecule has 0 aliphatic carbocycles. The van der Waals surface area contributed by atoms with Gasteiger partial charge in [0.25, 0.3) is 0 Å².